The average molecular weight is 390 g/mol. The highest BCUT2D eigenvalue weighted by Gasteiger charge is 2.44. The van der Waals surface area contributed by atoms with Crippen molar-refractivity contribution in [1.82, 2.24) is 9.88 Å². The van der Waals surface area contributed by atoms with E-state index in [4.69, 9.17) is 5.73 Å². The van der Waals surface area contributed by atoms with E-state index in [-0.39, 0.29) is 11.3 Å². The standard InChI is InChI=1S/C23H26N4O2/c24-21(29)19-9-4-12-25-22(19)26-14-10-23(11-15-26)16-20(28)27(17-23)13-5-8-18-6-2-1-3-7-18/h1-9,12H,10-11,13-17H2,(H2,24,29)/b8-5+. The zero-order chi connectivity index (χ0) is 20.3. The number of nitrogens with zero attached hydrogens (tertiary/aromatic N) is 3. The van der Waals surface area contributed by atoms with Gasteiger partial charge in [-0.3, -0.25) is 9.59 Å². The van der Waals surface area contributed by atoms with E-state index in [0.717, 1.165) is 38.0 Å². The summed E-state index contributed by atoms with van der Waals surface area (Å²) in [4.78, 5) is 32.7. The van der Waals surface area contributed by atoms with Crippen LogP contribution >= 0.6 is 0 Å². The van der Waals surface area contributed by atoms with Crippen molar-refractivity contribution < 1.29 is 9.59 Å². The number of pyridine rings is 1. The summed E-state index contributed by atoms with van der Waals surface area (Å²) in [7, 11) is 0. The third-order valence-corrected chi connectivity index (χ3v) is 6.02. The van der Waals surface area contributed by atoms with Gasteiger partial charge in [0.2, 0.25) is 5.91 Å². The number of carbonyl (C=O) groups is 2. The number of amides is 2. The Kier molecular flexibility index (Phi) is 5.34. The molecule has 2 fully saturated rings. The Morgan fingerprint density at radius 2 is 1.90 bits per heavy atom. The van der Waals surface area contributed by atoms with Crippen LogP contribution in [0, 0.1) is 5.41 Å². The largest absolute Gasteiger partial charge is 0.365 e. The summed E-state index contributed by atoms with van der Waals surface area (Å²) in [5.41, 5.74) is 7.12. The first kappa shape index (κ1) is 19.2. The van der Waals surface area contributed by atoms with Gasteiger partial charge in [0.05, 0.1) is 5.56 Å². The van der Waals surface area contributed by atoms with Crippen molar-refractivity contribution in [3.63, 3.8) is 0 Å². The van der Waals surface area contributed by atoms with Gasteiger partial charge in [0.15, 0.2) is 0 Å². The summed E-state index contributed by atoms with van der Waals surface area (Å²) in [5.74, 6) is 0.425. The smallest absolute Gasteiger partial charge is 0.252 e. The Bertz CT molecular complexity index is 917. The van der Waals surface area contributed by atoms with Crippen LogP contribution in [-0.2, 0) is 4.79 Å². The molecule has 6 heteroatoms. The van der Waals surface area contributed by atoms with E-state index in [0.29, 0.717) is 24.3 Å². The minimum absolute atomic E-state index is 0.0236. The predicted octanol–water partition coefficient (Wildman–Crippen LogP) is 2.71. The molecule has 0 bridgehead atoms. The van der Waals surface area contributed by atoms with Gasteiger partial charge in [-0.05, 0) is 30.5 Å². The lowest BCUT2D eigenvalue weighted by molar-refractivity contribution is -0.127. The number of primary amides is 1. The third-order valence-electron chi connectivity index (χ3n) is 6.02. The molecule has 1 spiro atoms. The minimum atomic E-state index is -0.458. The average Bonchev–Trinajstić information content (AvgIpc) is 3.04. The van der Waals surface area contributed by atoms with Crippen LogP contribution in [0.2, 0.25) is 0 Å². The molecule has 29 heavy (non-hydrogen) atoms. The van der Waals surface area contributed by atoms with Crippen molar-refractivity contribution in [2.24, 2.45) is 11.1 Å². The summed E-state index contributed by atoms with van der Waals surface area (Å²) in [6.07, 6.45) is 8.23. The normalized spacial score (nSPS) is 18.7. The maximum Gasteiger partial charge on any atom is 0.252 e. The van der Waals surface area contributed by atoms with Gasteiger partial charge >= 0.3 is 0 Å². The van der Waals surface area contributed by atoms with E-state index >= 15 is 0 Å². The fraction of sp³-hybridized carbons (Fsp3) is 0.348. The topological polar surface area (TPSA) is 79.5 Å². The summed E-state index contributed by atoms with van der Waals surface area (Å²) in [6.45, 7) is 2.99. The number of likely N-dealkylation sites (tertiary alicyclic amines) is 1. The van der Waals surface area contributed by atoms with Gasteiger partial charge in [-0.25, -0.2) is 4.98 Å². The molecule has 2 saturated heterocycles. The number of piperidine rings is 1. The number of hydrogen-bond donors (Lipinski definition) is 1. The van der Waals surface area contributed by atoms with Crippen LogP contribution in [0.5, 0.6) is 0 Å². The van der Waals surface area contributed by atoms with Gasteiger partial charge < -0.3 is 15.5 Å². The summed E-state index contributed by atoms with van der Waals surface area (Å²) >= 11 is 0. The molecule has 1 aromatic heterocycles. The number of carbonyl (C=O) groups excluding carboxylic acids is 2. The van der Waals surface area contributed by atoms with Crippen LogP contribution < -0.4 is 10.6 Å². The third kappa shape index (κ3) is 4.16. The molecule has 6 nitrogen and oxygen atoms in total. The lowest BCUT2D eigenvalue weighted by atomic mass is 9.77. The van der Waals surface area contributed by atoms with Crippen LogP contribution in [0.25, 0.3) is 6.08 Å². The van der Waals surface area contributed by atoms with Crippen molar-refractivity contribution >= 4 is 23.7 Å². The fourth-order valence-corrected chi connectivity index (χ4v) is 4.40. The van der Waals surface area contributed by atoms with Crippen molar-refractivity contribution in [3.8, 4) is 0 Å². The molecule has 4 rings (SSSR count). The van der Waals surface area contributed by atoms with Gasteiger partial charge in [0.1, 0.15) is 5.82 Å². The molecule has 0 atom stereocenters. The molecule has 0 unspecified atom stereocenters. The maximum absolute atomic E-state index is 12.6. The van der Waals surface area contributed by atoms with Crippen LogP contribution in [0.4, 0.5) is 5.82 Å². The zero-order valence-electron chi connectivity index (χ0n) is 16.5. The molecule has 2 aliphatic rings. The molecule has 1 aromatic carbocycles. The number of nitrogens with two attached hydrogens (primary N) is 1. The fourth-order valence-electron chi connectivity index (χ4n) is 4.40. The molecule has 0 aliphatic carbocycles. The molecule has 3 heterocycles. The van der Waals surface area contributed by atoms with Crippen molar-refractivity contribution in [3.05, 3.63) is 65.9 Å². The van der Waals surface area contributed by atoms with Gasteiger partial charge in [-0.2, -0.15) is 0 Å². The van der Waals surface area contributed by atoms with Gasteiger partial charge in [-0.15, -0.1) is 0 Å². The monoisotopic (exact) mass is 390 g/mol. The zero-order valence-corrected chi connectivity index (χ0v) is 16.5. The number of benzene rings is 1. The molecule has 2 aliphatic heterocycles. The Hall–Kier alpha value is -3.15. The first-order chi connectivity index (χ1) is 14.1. The SMILES string of the molecule is NC(=O)c1cccnc1N1CCC2(CC1)CC(=O)N(C/C=C/c1ccccc1)C2. The maximum atomic E-state index is 12.6. The Balaban J connectivity index is 1.37. The number of rotatable bonds is 5. The summed E-state index contributed by atoms with van der Waals surface area (Å²) < 4.78 is 0. The van der Waals surface area contributed by atoms with E-state index in [2.05, 4.69) is 34.2 Å². The molecular formula is C23H26N4O2. The van der Waals surface area contributed by atoms with Crippen LogP contribution in [0.3, 0.4) is 0 Å². The molecule has 150 valence electrons. The van der Waals surface area contributed by atoms with E-state index in [9.17, 15) is 9.59 Å². The highest BCUT2D eigenvalue weighted by molar-refractivity contribution is 5.97. The molecule has 0 radical (unpaired) electrons. The van der Waals surface area contributed by atoms with E-state index < -0.39 is 5.91 Å². The molecular weight excluding hydrogens is 364 g/mol. The van der Waals surface area contributed by atoms with E-state index in [1.807, 2.05) is 23.1 Å². The van der Waals surface area contributed by atoms with Crippen molar-refractivity contribution in [1.29, 1.82) is 0 Å². The van der Waals surface area contributed by atoms with Gasteiger partial charge in [0.25, 0.3) is 5.91 Å². The highest BCUT2D eigenvalue weighted by atomic mass is 16.2. The molecule has 2 amide bonds. The second kappa shape index (κ2) is 8.07. The Morgan fingerprint density at radius 1 is 1.14 bits per heavy atom. The predicted molar refractivity (Wildman–Crippen MR) is 113 cm³/mol. The van der Waals surface area contributed by atoms with Gasteiger partial charge in [-0.1, -0.05) is 42.5 Å². The Morgan fingerprint density at radius 3 is 2.62 bits per heavy atom. The Labute approximate surface area is 171 Å². The van der Waals surface area contributed by atoms with Crippen molar-refractivity contribution in [2.75, 3.05) is 31.1 Å². The second-order valence-corrected chi connectivity index (χ2v) is 7.99. The summed E-state index contributed by atoms with van der Waals surface area (Å²) in [6, 6.07) is 13.6. The number of aromatic nitrogens is 1. The van der Waals surface area contributed by atoms with E-state index in [1.165, 1.54) is 0 Å². The van der Waals surface area contributed by atoms with Crippen LogP contribution in [-0.4, -0.2) is 47.9 Å². The van der Waals surface area contributed by atoms with Crippen LogP contribution in [0.15, 0.2) is 54.7 Å². The van der Waals surface area contributed by atoms with Crippen LogP contribution in [0.1, 0.15) is 35.2 Å². The molecule has 2 aromatic rings. The quantitative estimate of drug-likeness (QED) is 0.851. The summed E-state index contributed by atoms with van der Waals surface area (Å²) in [5, 5.41) is 0. The minimum Gasteiger partial charge on any atom is -0.365 e. The first-order valence-electron chi connectivity index (χ1n) is 10.1. The van der Waals surface area contributed by atoms with Gasteiger partial charge in [0, 0.05) is 44.2 Å². The lowest BCUT2D eigenvalue weighted by Gasteiger charge is -2.39. The highest BCUT2D eigenvalue weighted by Crippen LogP contribution is 2.41. The second-order valence-electron chi connectivity index (χ2n) is 7.99. The first-order valence-corrected chi connectivity index (χ1v) is 10.1. The molecule has 2 N–H and O–H groups in total. The number of anilines is 1. The van der Waals surface area contributed by atoms with E-state index in [1.54, 1.807) is 18.3 Å². The molecule has 0 saturated carbocycles. The number of hydrogen-bond acceptors (Lipinski definition) is 4. The lowest BCUT2D eigenvalue weighted by Crippen LogP contribution is -2.42. The van der Waals surface area contributed by atoms with Crippen molar-refractivity contribution in [2.45, 2.75) is 19.3 Å².